The van der Waals surface area contributed by atoms with Gasteiger partial charge in [0.25, 0.3) is 0 Å². The summed E-state index contributed by atoms with van der Waals surface area (Å²) >= 11 is 0. The lowest BCUT2D eigenvalue weighted by atomic mass is 9.24. The lowest BCUT2D eigenvalue weighted by Gasteiger charge is -2.78. The quantitative estimate of drug-likeness (QED) is 0.530. The maximum Gasteiger partial charge on any atom is 0.306 e. The topological polar surface area (TPSA) is 121 Å². The van der Waals surface area contributed by atoms with Crippen LogP contribution in [0.15, 0.2) is 11.6 Å². The zero-order chi connectivity index (χ0) is 19.6. The average molecular weight is 374 g/mol. The zero-order valence-electron chi connectivity index (χ0n) is 15.4. The molecule has 1 spiro atoms. The van der Waals surface area contributed by atoms with Crippen LogP contribution in [-0.2, 0) is 19.1 Å². The summed E-state index contributed by atoms with van der Waals surface area (Å²) in [4.78, 5) is 39.0. The highest BCUT2D eigenvalue weighted by Gasteiger charge is 3.05. The molecular formula is C20H22O7. The predicted molar refractivity (Wildman–Crippen MR) is 87.9 cm³/mol. The summed E-state index contributed by atoms with van der Waals surface area (Å²) in [5, 5.41) is 34.2. The van der Waals surface area contributed by atoms with Crippen molar-refractivity contribution in [2.24, 2.45) is 33.5 Å². The third kappa shape index (κ3) is 0.922. The Morgan fingerprint density at radius 3 is 2.44 bits per heavy atom. The van der Waals surface area contributed by atoms with Crippen molar-refractivity contribution in [2.75, 3.05) is 6.61 Å². The van der Waals surface area contributed by atoms with Crippen molar-refractivity contribution >= 4 is 17.5 Å². The van der Waals surface area contributed by atoms with Crippen molar-refractivity contribution in [1.82, 2.24) is 0 Å². The Balaban J connectivity index is 1.85. The van der Waals surface area contributed by atoms with Crippen molar-refractivity contribution in [3.8, 4) is 0 Å². The van der Waals surface area contributed by atoms with Gasteiger partial charge in [-0.25, -0.2) is 0 Å². The summed E-state index contributed by atoms with van der Waals surface area (Å²) in [5.74, 6) is -3.17. The number of carbonyl (C=O) groups excluding carboxylic acids is 3. The van der Waals surface area contributed by atoms with Gasteiger partial charge < -0.3 is 20.1 Å². The van der Waals surface area contributed by atoms with Gasteiger partial charge in [0.1, 0.15) is 6.10 Å². The Labute approximate surface area is 155 Å². The largest absolute Gasteiger partial charge is 0.462 e. The molecule has 0 aromatic rings. The van der Waals surface area contributed by atoms with Crippen LogP contribution >= 0.6 is 0 Å². The van der Waals surface area contributed by atoms with Gasteiger partial charge in [-0.15, -0.1) is 0 Å². The smallest absolute Gasteiger partial charge is 0.306 e. The number of ether oxygens (including phenoxy) is 1. The van der Waals surface area contributed by atoms with Crippen LogP contribution in [0.5, 0.6) is 0 Å². The van der Waals surface area contributed by atoms with Gasteiger partial charge in [-0.1, -0.05) is 19.4 Å². The molecule has 7 aliphatic rings. The van der Waals surface area contributed by atoms with E-state index < -0.39 is 74.9 Å². The van der Waals surface area contributed by atoms with Gasteiger partial charge in [0.05, 0.1) is 6.61 Å². The monoisotopic (exact) mass is 374 g/mol. The van der Waals surface area contributed by atoms with E-state index in [0.29, 0.717) is 0 Å². The number of rotatable bonds is 1. The van der Waals surface area contributed by atoms with E-state index in [-0.39, 0.29) is 12.8 Å². The van der Waals surface area contributed by atoms with E-state index in [9.17, 15) is 29.7 Å². The predicted octanol–water partition coefficient (Wildman–Crippen LogP) is -0.483. The fraction of sp³-hybridized carbons (Fsp3) is 0.750. The average Bonchev–Trinajstić information content (AvgIpc) is 2.78. The highest BCUT2D eigenvalue weighted by atomic mass is 16.5. The molecule has 144 valence electrons. The number of aliphatic hydroxyl groups excluding tert-OH is 1. The Morgan fingerprint density at radius 2 is 1.81 bits per heavy atom. The fourth-order valence-electron chi connectivity index (χ4n) is 9.70. The number of ketones is 2. The van der Waals surface area contributed by atoms with Gasteiger partial charge in [-0.3, -0.25) is 14.4 Å². The summed E-state index contributed by atoms with van der Waals surface area (Å²) in [6, 6.07) is 0. The molecule has 0 unspecified atom stereocenters. The fourth-order valence-corrected chi connectivity index (χ4v) is 9.70. The molecule has 1 saturated heterocycles. The standard InChI is InChI=1S/C20H22O7/c1-8-4-10(22)19(25)16(3)13-14(24)20(19,26)15(2)9-5-12(23)27-11(6-18(8,15)16)17(9,13)7-21/h4,9,11,13,21,25-26H,5-7H2,1-3H3/t9-,11+,13+,15+,16+,17+,18+,19+,20-/m0/s1. The van der Waals surface area contributed by atoms with Crippen LogP contribution < -0.4 is 0 Å². The van der Waals surface area contributed by atoms with Gasteiger partial charge in [0.15, 0.2) is 22.8 Å². The van der Waals surface area contributed by atoms with Crippen LogP contribution in [0.4, 0.5) is 0 Å². The van der Waals surface area contributed by atoms with Crippen LogP contribution in [0.1, 0.15) is 33.6 Å². The van der Waals surface area contributed by atoms with E-state index in [4.69, 9.17) is 4.74 Å². The first-order chi connectivity index (χ1) is 12.5. The third-order valence-corrected chi connectivity index (χ3v) is 10.3. The minimum atomic E-state index is -2.28. The van der Waals surface area contributed by atoms with Crippen molar-refractivity contribution in [3.05, 3.63) is 11.6 Å². The van der Waals surface area contributed by atoms with Crippen molar-refractivity contribution in [3.63, 3.8) is 0 Å². The second kappa shape index (κ2) is 3.67. The molecule has 9 atom stereocenters. The first kappa shape index (κ1) is 16.4. The van der Waals surface area contributed by atoms with Gasteiger partial charge in [-0.05, 0) is 25.3 Å². The summed E-state index contributed by atoms with van der Waals surface area (Å²) in [5.41, 5.74) is -8.26. The lowest BCUT2D eigenvalue weighted by molar-refractivity contribution is -0.341. The third-order valence-electron chi connectivity index (χ3n) is 10.3. The number of hydrogen-bond acceptors (Lipinski definition) is 7. The molecule has 6 fully saturated rings. The van der Waals surface area contributed by atoms with E-state index >= 15 is 0 Å². The van der Waals surface area contributed by atoms with Gasteiger partial charge >= 0.3 is 5.97 Å². The lowest BCUT2D eigenvalue weighted by Crippen LogP contribution is -2.84. The van der Waals surface area contributed by atoms with Crippen molar-refractivity contribution < 1.29 is 34.4 Å². The van der Waals surface area contributed by atoms with Crippen LogP contribution in [0.25, 0.3) is 0 Å². The number of hydrogen-bond donors (Lipinski definition) is 3. The van der Waals surface area contributed by atoms with E-state index in [1.807, 2.05) is 0 Å². The van der Waals surface area contributed by atoms with E-state index in [2.05, 4.69) is 0 Å². The molecule has 6 aliphatic carbocycles. The summed E-state index contributed by atoms with van der Waals surface area (Å²) in [6.07, 6.45) is 0.928. The summed E-state index contributed by atoms with van der Waals surface area (Å²) < 4.78 is 5.64. The van der Waals surface area contributed by atoms with Gasteiger partial charge in [0.2, 0.25) is 0 Å². The number of carbonyl (C=O) groups is 3. The number of allylic oxidation sites excluding steroid dienone is 1. The number of aliphatic hydroxyl groups is 3. The highest BCUT2D eigenvalue weighted by molar-refractivity contribution is 6.15. The van der Waals surface area contributed by atoms with Gasteiger partial charge in [0, 0.05) is 34.0 Å². The number of Topliss-reactive ketones (excluding diaryl/α,β-unsaturated/α-hetero) is 1. The molecule has 1 heterocycles. The van der Waals surface area contributed by atoms with Crippen LogP contribution in [0.2, 0.25) is 0 Å². The van der Waals surface area contributed by atoms with E-state index in [1.165, 1.54) is 6.08 Å². The maximum atomic E-state index is 13.6. The van der Waals surface area contributed by atoms with Crippen molar-refractivity contribution in [2.45, 2.75) is 50.9 Å². The Bertz CT molecular complexity index is 939. The Hall–Kier alpha value is -1.57. The minimum absolute atomic E-state index is 0.0466. The molecular weight excluding hydrogens is 352 g/mol. The SMILES string of the molecule is CC1=CC(=O)[C@]2(O)[C@]3(O)C(=O)[C@H]4[C@]5(CO)[C@H]6CC(=O)O[C@@H]5C[C@@]1([C@@]63C)[C@@]42C. The molecule has 27 heavy (non-hydrogen) atoms. The molecule has 1 aliphatic heterocycles. The van der Waals surface area contributed by atoms with Crippen molar-refractivity contribution in [1.29, 1.82) is 0 Å². The molecule has 8 bridgehead atoms. The second-order valence-electron chi connectivity index (χ2n) is 9.93. The van der Waals surface area contributed by atoms with E-state index in [0.717, 1.165) is 5.57 Å². The number of esters is 1. The minimum Gasteiger partial charge on any atom is -0.462 e. The van der Waals surface area contributed by atoms with Crippen LogP contribution in [0, 0.1) is 33.5 Å². The Morgan fingerprint density at radius 1 is 1.15 bits per heavy atom. The normalized spacial score (nSPS) is 64.3. The Kier molecular flexibility index (Phi) is 2.23. The summed E-state index contributed by atoms with van der Waals surface area (Å²) in [7, 11) is 0. The first-order valence-electron chi connectivity index (χ1n) is 9.50. The highest BCUT2D eigenvalue weighted by Crippen LogP contribution is 2.95. The second-order valence-corrected chi connectivity index (χ2v) is 9.93. The molecule has 0 aromatic heterocycles. The first-order valence-corrected chi connectivity index (χ1v) is 9.50. The molecule has 7 nitrogen and oxygen atoms in total. The molecule has 0 amide bonds. The van der Waals surface area contributed by atoms with Crippen LogP contribution in [0.3, 0.4) is 0 Å². The molecule has 7 heteroatoms. The molecule has 0 aromatic carbocycles. The molecule has 5 saturated carbocycles. The molecule has 7 rings (SSSR count). The molecule has 3 N–H and O–H groups in total. The van der Waals surface area contributed by atoms with Crippen LogP contribution in [-0.4, -0.2) is 56.8 Å². The van der Waals surface area contributed by atoms with Gasteiger partial charge in [-0.2, -0.15) is 0 Å². The molecule has 0 radical (unpaired) electrons. The zero-order valence-corrected chi connectivity index (χ0v) is 15.4. The van der Waals surface area contributed by atoms with E-state index in [1.54, 1.807) is 20.8 Å². The maximum absolute atomic E-state index is 13.6. The summed E-state index contributed by atoms with van der Waals surface area (Å²) in [6.45, 7) is 4.86.